The Bertz CT molecular complexity index is 1110. The smallest absolute Gasteiger partial charge is 0.255 e. The lowest BCUT2D eigenvalue weighted by atomic mass is 10.1. The van der Waals surface area contributed by atoms with Crippen molar-refractivity contribution in [3.05, 3.63) is 77.6 Å². The quantitative estimate of drug-likeness (QED) is 0.538. The zero-order valence-electron chi connectivity index (χ0n) is 20.1. The third kappa shape index (κ3) is 5.66. The lowest BCUT2D eigenvalue weighted by Crippen LogP contribution is -2.46. The van der Waals surface area contributed by atoms with Crippen LogP contribution in [-0.4, -0.2) is 55.6 Å². The monoisotopic (exact) mass is 460 g/mol. The number of hydrogen-bond acceptors (Lipinski definition) is 6. The highest BCUT2D eigenvalue weighted by Crippen LogP contribution is 2.30. The second-order valence-corrected chi connectivity index (χ2v) is 8.38. The van der Waals surface area contributed by atoms with E-state index < -0.39 is 0 Å². The minimum absolute atomic E-state index is 0.191. The largest absolute Gasteiger partial charge is 0.493 e. The number of amides is 1. The highest BCUT2D eigenvalue weighted by Gasteiger charge is 2.17. The fraction of sp³-hybridized carbons (Fsp3) is 0.333. The number of benzene rings is 2. The molecule has 0 radical (unpaired) electrons. The van der Waals surface area contributed by atoms with Gasteiger partial charge in [-0.05, 0) is 73.1 Å². The molecule has 1 aromatic heterocycles. The standard InChI is InChI=1S/C27H32N4O3/c1-4-30-13-15-31(16-14-30)23-6-7-24(20(2)17-23)29-27(32)22-5-8-25(33-3)26(18-22)34-19-21-9-11-28-12-10-21/h5-12,17-18H,4,13-16,19H2,1-3H3,(H,29,32). The van der Waals surface area contributed by atoms with E-state index in [4.69, 9.17) is 9.47 Å². The van der Waals surface area contributed by atoms with Crippen molar-refractivity contribution in [2.24, 2.45) is 0 Å². The summed E-state index contributed by atoms with van der Waals surface area (Å²) < 4.78 is 11.3. The summed E-state index contributed by atoms with van der Waals surface area (Å²) in [5, 5.41) is 3.04. The molecule has 0 unspecified atom stereocenters. The first-order chi connectivity index (χ1) is 16.6. The van der Waals surface area contributed by atoms with E-state index in [1.807, 2.05) is 25.1 Å². The maximum absolute atomic E-state index is 13.0. The predicted molar refractivity (Wildman–Crippen MR) is 135 cm³/mol. The van der Waals surface area contributed by atoms with Gasteiger partial charge in [-0.25, -0.2) is 0 Å². The summed E-state index contributed by atoms with van der Waals surface area (Å²) in [6, 6.07) is 15.2. The first-order valence-corrected chi connectivity index (χ1v) is 11.7. The Hall–Kier alpha value is -3.58. The van der Waals surface area contributed by atoms with E-state index in [9.17, 15) is 4.79 Å². The van der Waals surface area contributed by atoms with Crippen LogP contribution in [0.2, 0.25) is 0 Å². The molecule has 2 aromatic carbocycles. The molecule has 0 atom stereocenters. The molecule has 1 N–H and O–H groups in total. The molecule has 34 heavy (non-hydrogen) atoms. The number of anilines is 2. The number of ether oxygens (including phenoxy) is 2. The first-order valence-electron chi connectivity index (χ1n) is 11.7. The number of methoxy groups -OCH3 is 1. The number of hydrogen-bond donors (Lipinski definition) is 1. The van der Waals surface area contributed by atoms with E-state index in [2.05, 4.69) is 39.2 Å². The molecule has 0 bridgehead atoms. The number of carbonyl (C=O) groups excluding carboxylic acids is 1. The number of rotatable bonds is 8. The number of nitrogens with zero attached hydrogens (tertiary/aromatic N) is 3. The Morgan fingerprint density at radius 1 is 1.00 bits per heavy atom. The molecule has 7 heteroatoms. The summed E-state index contributed by atoms with van der Waals surface area (Å²) in [5.74, 6) is 0.906. The molecule has 3 aromatic rings. The number of likely N-dealkylation sites (N-methyl/N-ethyl adjacent to an activating group) is 1. The SMILES string of the molecule is CCN1CCN(c2ccc(NC(=O)c3ccc(OC)c(OCc4ccncc4)c3)c(C)c2)CC1. The van der Waals surface area contributed by atoms with Crippen molar-refractivity contribution in [2.75, 3.05) is 50.1 Å². The second kappa shape index (κ2) is 11.0. The minimum Gasteiger partial charge on any atom is -0.493 e. The molecule has 1 saturated heterocycles. The average molecular weight is 461 g/mol. The van der Waals surface area contributed by atoms with Crippen LogP contribution in [0.3, 0.4) is 0 Å². The molecule has 7 nitrogen and oxygen atoms in total. The van der Waals surface area contributed by atoms with Crippen LogP contribution in [-0.2, 0) is 6.61 Å². The predicted octanol–water partition coefficient (Wildman–Crippen LogP) is 4.37. The summed E-state index contributed by atoms with van der Waals surface area (Å²) in [6.45, 7) is 9.89. The number of piperazine rings is 1. The molecule has 1 aliphatic heterocycles. The number of aromatic nitrogens is 1. The van der Waals surface area contributed by atoms with Crippen molar-refractivity contribution in [3.8, 4) is 11.5 Å². The van der Waals surface area contributed by atoms with E-state index in [-0.39, 0.29) is 5.91 Å². The van der Waals surface area contributed by atoms with Crippen LogP contribution < -0.4 is 19.7 Å². The van der Waals surface area contributed by atoms with Crippen LogP contribution in [0.4, 0.5) is 11.4 Å². The van der Waals surface area contributed by atoms with Crippen LogP contribution in [0.25, 0.3) is 0 Å². The van der Waals surface area contributed by atoms with Gasteiger partial charge < -0.3 is 24.6 Å². The van der Waals surface area contributed by atoms with Crippen molar-refractivity contribution in [1.82, 2.24) is 9.88 Å². The van der Waals surface area contributed by atoms with Gasteiger partial charge in [0.2, 0.25) is 0 Å². The third-order valence-electron chi connectivity index (χ3n) is 6.21. The summed E-state index contributed by atoms with van der Waals surface area (Å²) in [6.07, 6.45) is 3.44. The van der Waals surface area contributed by atoms with Crippen molar-refractivity contribution >= 4 is 17.3 Å². The molecule has 1 amide bonds. The van der Waals surface area contributed by atoms with Crippen LogP contribution in [0, 0.1) is 6.92 Å². The molecule has 2 heterocycles. The van der Waals surface area contributed by atoms with Gasteiger partial charge in [0.1, 0.15) is 6.61 Å². The van der Waals surface area contributed by atoms with Gasteiger partial charge in [0.25, 0.3) is 5.91 Å². The van der Waals surface area contributed by atoms with Crippen LogP contribution in [0.1, 0.15) is 28.4 Å². The second-order valence-electron chi connectivity index (χ2n) is 8.38. The number of nitrogens with one attached hydrogen (secondary N) is 1. The van der Waals surface area contributed by atoms with Crippen LogP contribution in [0.15, 0.2) is 60.9 Å². The Labute approximate surface area is 201 Å². The van der Waals surface area contributed by atoms with Gasteiger partial charge in [-0.15, -0.1) is 0 Å². The average Bonchev–Trinajstić information content (AvgIpc) is 2.89. The fourth-order valence-electron chi connectivity index (χ4n) is 4.07. The highest BCUT2D eigenvalue weighted by molar-refractivity contribution is 6.05. The number of aryl methyl sites for hydroxylation is 1. The molecule has 4 rings (SSSR count). The van der Waals surface area contributed by atoms with Gasteiger partial charge in [-0.1, -0.05) is 6.92 Å². The maximum atomic E-state index is 13.0. The fourth-order valence-corrected chi connectivity index (χ4v) is 4.07. The minimum atomic E-state index is -0.191. The molecule has 1 aliphatic rings. The van der Waals surface area contributed by atoms with Crippen LogP contribution >= 0.6 is 0 Å². The van der Waals surface area contributed by atoms with E-state index in [0.29, 0.717) is 23.7 Å². The zero-order chi connectivity index (χ0) is 23.9. The highest BCUT2D eigenvalue weighted by atomic mass is 16.5. The van der Waals surface area contributed by atoms with Gasteiger partial charge in [0.05, 0.1) is 7.11 Å². The van der Waals surface area contributed by atoms with Crippen molar-refractivity contribution < 1.29 is 14.3 Å². The Balaban J connectivity index is 1.43. The molecule has 1 fully saturated rings. The first kappa shape index (κ1) is 23.6. The van der Waals surface area contributed by atoms with Gasteiger partial charge >= 0.3 is 0 Å². The van der Waals surface area contributed by atoms with Crippen LogP contribution in [0.5, 0.6) is 11.5 Å². The van der Waals surface area contributed by atoms with E-state index in [0.717, 1.165) is 49.5 Å². The van der Waals surface area contributed by atoms with Gasteiger partial charge in [0, 0.05) is 55.5 Å². The molecular weight excluding hydrogens is 428 g/mol. The van der Waals surface area contributed by atoms with Gasteiger partial charge in [-0.3, -0.25) is 9.78 Å². The van der Waals surface area contributed by atoms with Crippen molar-refractivity contribution in [3.63, 3.8) is 0 Å². The summed E-state index contributed by atoms with van der Waals surface area (Å²) in [7, 11) is 1.58. The molecular formula is C27H32N4O3. The Morgan fingerprint density at radius 2 is 1.76 bits per heavy atom. The maximum Gasteiger partial charge on any atom is 0.255 e. The Kier molecular flexibility index (Phi) is 7.65. The summed E-state index contributed by atoms with van der Waals surface area (Å²) in [4.78, 5) is 21.9. The van der Waals surface area contributed by atoms with E-state index >= 15 is 0 Å². The van der Waals surface area contributed by atoms with E-state index in [1.165, 1.54) is 5.69 Å². The summed E-state index contributed by atoms with van der Waals surface area (Å²) in [5.41, 5.74) is 4.52. The molecule has 0 spiro atoms. The van der Waals surface area contributed by atoms with Gasteiger partial charge in [0.15, 0.2) is 11.5 Å². The topological polar surface area (TPSA) is 66.9 Å². The molecule has 178 valence electrons. The Morgan fingerprint density at radius 3 is 2.44 bits per heavy atom. The summed E-state index contributed by atoms with van der Waals surface area (Å²) >= 11 is 0. The molecule has 0 aliphatic carbocycles. The lowest BCUT2D eigenvalue weighted by molar-refractivity contribution is 0.102. The number of pyridine rings is 1. The van der Waals surface area contributed by atoms with Crippen molar-refractivity contribution in [2.45, 2.75) is 20.5 Å². The van der Waals surface area contributed by atoms with Gasteiger partial charge in [-0.2, -0.15) is 0 Å². The zero-order valence-corrected chi connectivity index (χ0v) is 20.1. The third-order valence-corrected chi connectivity index (χ3v) is 6.21. The number of carbonyl (C=O) groups is 1. The van der Waals surface area contributed by atoms with E-state index in [1.54, 1.807) is 37.7 Å². The lowest BCUT2D eigenvalue weighted by Gasteiger charge is -2.35. The molecule has 0 saturated carbocycles. The normalized spacial score (nSPS) is 14.0. The van der Waals surface area contributed by atoms with Crippen molar-refractivity contribution in [1.29, 1.82) is 0 Å².